The van der Waals surface area contributed by atoms with Crippen LogP contribution in [0, 0.1) is 17.8 Å². The number of aliphatic hydroxyl groups is 1. The maximum absolute atomic E-state index is 13.1. The molecular weight excluding hydrogens is 1280 g/mol. The number of carbonyl (C=O) groups is 4. The molecule has 0 rings (SSSR count). The molecule has 0 heterocycles. The molecule has 0 aromatic heterocycles. The molecular formula is C79H154O17P2. The summed E-state index contributed by atoms with van der Waals surface area (Å²) in [6, 6.07) is 0. The minimum Gasteiger partial charge on any atom is -0.462 e. The van der Waals surface area contributed by atoms with Gasteiger partial charge in [0.2, 0.25) is 0 Å². The Morgan fingerprint density at radius 2 is 0.520 bits per heavy atom. The predicted molar refractivity (Wildman–Crippen MR) is 400 cm³/mol. The second kappa shape index (κ2) is 69.4. The zero-order chi connectivity index (χ0) is 72.3. The van der Waals surface area contributed by atoms with E-state index in [2.05, 4.69) is 48.5 Å². The molecule has 0 radical (unpaired) electrons. The Hall–Kier alpha value is -1.94. The first kappa shape index (κ1) is 96.1. The molecule has 0 fully saturated rings. The number of unbranched alkanes of at least 4 members (excludes halogenated alkanes) is 44. The van der Waals surface area contributed by atoms with Gasteiger partial charge in [0.1, 0.15) is 19.3 Å². The number of esters is 4. The van der Waals surface area contributed by atoms with Gasteiger partial charge in [0, 0.05) is 25.7 Å². The van der Waals surface area contributed by atoms with E-state index in [0.717, 1.165) is 108 Å². The number of aliphatic hydroxyl groups excluding tert-OH is 1. The van der Waals surface area contributed by atoms with E-state index in [1.807, 2.05) is 0 Å². The summed E-state index contributed by atoms with van der Waals surface area (Å²) in [7, 11) is -9.92. The first-order valence-corrected chi connectivity index (χ1v) is 43.9. The van der Waals surface area contributed by atoms with Crippen molar-refractivity contribution in [2.45, 2.75) is 426 Å². The van der Waals surface area contributed by atoms with Gasteiger partial charge in [-0.3, -0.25) is 37.3 Å². The maximum atomic E-state index is 13.1. The fourth-order valence-electron chi connectivity index (χ4n) is 12.1. The van der Waals surface area contributed by atoms with E-state index in [4.69, 9.17) is 37.0 Å². The van der Waals surface area contributed by atoms with Gasteiger partial charge >= 0.3 is 39.5 Å². The van der Waals surface area contributed by atoms with E-state index in [1.165, 1.54) is 218 Å². The number of hydrogen-bond donors (Lipinski definition) is 3. The number of rotatable bonds is 77. The molecule has 0 aliphatic heterocycles. The minimum atomic E-state index is -4.96. The van der Waals surface area contributed by atoms with E-state index < -0.39 is 97.5 Å². The Morgan fingerprint density at radius 1 is 0.296 bits per heavy atom. The van der Waals surface area contributed by atoms with E-state index in [0.29, 0.717) is 25.7 Å². The highest BCUT2D eigenvalue weighted by molar-refractivity contribution is 7.47. The monoisotopic (exact) mass is 1440 g/mol. The summed E-state index contributed by atoms with van der Waals surface area (Å²) >= 11 is 0. The molecule has 98 heavy (non-hydrogen) atoms. The number of ether oxygens (including phenoxy) is 4. The van der Waals surface area contributed by atoms with Gasteiger partial charge < -0.3 is 33.8 Å². The van der Waals surface area contributed by atoms with Crippen LogP contribution in [-0.2, 0) is 65.4 Å². The average Bonchev–Trinajstić information content (AvgIpc) is 1.15. The summed E-state index contributed by atoms with van der Waals surface area (Å²) < 4.78 is 68.7. The van der Waals surface area contributed by atoms with E-state index in [9.17, 15) is 43.2 Å². The van der Waals surface area contributed by atoms with Crippen molar-refractivity contribution in [2.75, 3.05) is 39.6 Å². The van der Waals surface area contributed by atoms with Crippen LogP contribution in [0.5, 0.6) is 0 Å². The van der Waals surface area contributed by atoms with Crippen molar-refractivity contribution in [3.8, 4) is 0 Å². The Bertz CT molecular complexity index is 1910. The third kappa shape index (κ3) is 71.1. The van der Waals surface area contributed by atoms with Crippen LogP contribution < -0.4 is 0 Å². The number of phosphoric acid groups is 2. The molecule has 0 aliphatic carbocycles. The summed E-state index contributed by atoms with van der Waals surface area (Å²) in [4.78, 5) is 73.0. The number of phosphoric ester groups is 2. The molecule has 0 saturated heterocycles. The lowest BCUT2D eigenvalue weighted by atomic mass is 9.99. The average molecular weight is 1440 g/mol. The summed E-state index contributed by atoms with van der Waals surface area (Å²) in [6.45, 7) is 12.0. The molecule has 19 heteroatoms. The summed E-state index contributed by atoms with van der Waals surface area (Å²) in [5.41, 5.74) is 0. The maximum Gasteiger partial charge on any atom is 0.472 e. The van der Waals surface area contributed by atoms with E-state index in [-0.39, 0.29) is 25.7 Å². The van der Waals surface area contributed by atoms with Crippen LogP contribution >= 0.6 is 15.6 Å². The largest absolute Gasteiger partial charge is 0.472 e. The molecule has 0 aromatic carbocycles. The van der Waals surface area contributed by atoms with Gasteiger partial charge in [0.25, 0.3) is 0 Å². The zero-order valence-corrected chi connectivity index (χ0v) is 66.0. The van der Waals surface area contributed by atoms with Crippen molar-refractivity contribution in [1.29, 1.82) is 0 Å². The van der Waals surface area contributed by atoms with Crippen molar-refractivity contribution < 1.29 is 80.2 Å². The molecule has 3 unspecified atom stereocenters. The lowest BCUT2D eigenvalue weighted by Gasteiger charge is -2.21. The van der Waals surface area contributed by atoms with Gasteiger partial charge in [-0.05, 0) is 43.4 Å². The zero-order valence-electron chi connectivity index (χ0n) is 64.3. The standard InChI is InChI=1S/C79H154O17P2/c1-8-10-11-12-13-14-22-32-39-46-53-60-76(81)89-66-74(96-79(84)63-56-49-42-35-28-21-24-30-37-44-51-58-71(5)6)68-93-97(85,86)91-64-73(80)65-92-98(87,88)94-69-75(67-90-77(82)61-54-47-40-33-26-20-19-23-29-36-43-50-57-70(3)4)95-78(83)62-55-48-41-34-27-18-16-15-17-25-31-38-45-52-59-72(7)9-2/h70-75,80H,8-69H2,1-7H3,(H,85,86)(H,87,88)/t72?,73-,74+,75+/m0/s1. The first-order valence-electron chi connectivity index (χ1n) is 40.9. The van der Waals surface area contributed by atoms with Gasteiger partial charge in [-0.25, -0.2) is 9.13 Å². The summed E-state index contributed by atoms with van der Waals surface area (Å²) in [6.07, 6.45) is 56.7. The number of carbonyl (C=O) groups excluding carboxylic acids is 4. The third-order valence-corrected chi connectivity index (χ3v) is 20.6. The minimum absolute atomic E-state index is 0.107. The van der Waals surface area contributed by atoms with Crippen LogP contribution in [-0.4, -0.2) is 96.7 Å². The lowest BCUT2D eigenvalue weighted by molar-refractivity contribution is -0.161. The molecule has 0 saturated carbocycles. The fourth-order valence-corrected chi connectivity index (χ4v) is 13.7. The first-order chi connectivity index (χ1) is 47.3. The Kier molecular flexibility index (Phi) is 68.1. The summed E-state index contributed by atoms with van der Waals surface area (Å²) in [5.74, 6) is 0.281. The summed E-state index contributed by atoms with van der Waals surface area (Å²) in [5, 5.41) is 10.6. The van der Waals surface area contributed by atoms with E-state index in [1.54, 1.807) is 0 Å². The van der Waals surface area contributed by atoms with Crippen molar-refractivity contribution >= 4 is 39.5 Å². The van der Waals surface area contributed by atoms with Crippen LogP contribution in [0.15, 0.2) is 0 Å². The van der Waals surface area contributed by atoms with Crippen molar-refractivity contribution in [3.63, 3.8) is 0 Å². The topological polar surface area (TPSA) is 237 Å². The molecule has 0 aliphatic rings. The van der Waals surface area contributed by atoms with Crippen molar-refractivity contribution in [2.24, 2.45) is 17.8 Å². The second-order valence-corrected chi connectivity index (χ2v) is 32.6. The Morgan fingerprint density at radius 3 is 0.776 bits per heavy atom. The van der Waals surface area contributed by atoms with E-state index >= 15 is 0 Å². The molecule has 0 bridgehead atoms. The van der Waals surface area contributed by atoms with Gasteiger partial charge in [-0.1, -0.05) is 357 Å². The lowest BCUT2D eigenvalue weighted by Crippen LogP contribution is -2.30. The molecule has 0 spiro atoms. The normalized spacial score (nSPS) is 14.3. The third-order valence-electron chi connectivity index (χ3n) is 18.7. The van der Waals surface area contributed by atoms with Crippen LogP contribution in [0.1, 0.15) is 408 Å². The van der Waals surface area contributed by atoms with Crippen molar-refractivity contribution in [3.05, 3.63) is 0 Å². The van der Waals surface area contributed by atoms with Crippen LogP contribution in [0.2, 0.25) is 0 Å². The molecule has 0 amide bonds. The van der Waals surface area contributed by atoms with Gasteiger partial charge in [-0.15, -0.1) is 0 Å². The van der Waals surface area contributed by atoms with Crippen LogP contribution in [0.3, 0.4) is 0 Å². The van der Waals surface area contributed by atoms with Crippen molar-refractivity contribution in [1.82, 2.24) is 0 Å². The quantitative estimate of drug-likeness (QED) is 0.0222. The highest BCUT2D eigenvalue weighted by atomic mass is 31.2. The molecule has 17 nitrogen and oxygen atoms in total. The Labute approximate surface area is 600 Å². The predicted octanol–water partition coefficient (Wildman–Crippen LogP) is 23.4. The second-order valence-electron chi connectivity index (χ2n) is 29.6. The highest BCUT2D eigenvalue weighted by Gasteiger charge is 2.30. The fraction of sp³-hybridized carbons (Fsp3) is 0.949. The SMILES string of the molecule is CCCCCCCCCCCCCC(=O)OC[C@H](COP(=O)(O)OC[C@H](O)COP(=O)(O)OC[C@@H](COC(=O)CCCCCCCCCCCCCCC(C)C)OC(=O)CCCCCCCCCCCCCCCCC(C)CC)OC(=O)CCCCCCCCCCCCCC(C)C. The van der Waals surface area contributed by atoms with Gasteiger partial charge in [0.15, 0.2) is 12.2 Å². The Balaban J connectivity index is 5.26. The molecule has 0 aromatic rings. The molecule has 6 atom stereocenters. The smallest absolute Gasteiger partial charge is 0.462 e. The number of hydrogen-bond acceptors (Lipinski definition) is 15. The molecule has 3 N–H and O–H groups in total. The van der Waals surface area contributed by atoms with Gasteiger partial charge in [-0.2, -0.15) is 0 Å². The van der Waals surface area contributed by atoms with Gasteiger partial charge in [0.05, 0.1) is 26.4 Å². The molecule has 582 valence electrons. The van der Waals surface area contributed by atoms with Crippen LogP contribution in [0.4, 0.5) is 0 Å². The highest BCUT2D eigenvalue weighted by Crippen LogP contribution is 2.45. The van der Waals surface area contributed by atoms with Crippen LogP contribution in [0.25, 0.3) is 0 Å².